The lowest BCUT2D eigenvalue weighted by Gasteiger charge is -2.11. The number of rotatable bonds is 6. The third kappa shape index (κ3) is 5.52. The monoisotopic (exact) mass is 387 g/mol. The molecule has 0 spiro atoms. The number of nitrogens with zero attached hydrogens (tertiary/aromatic N) is 1. The van der Waals surface area contributed by atoms with E-state index >= 15 is 0 Å². The molecule has 0 unspecified atom stereocenters. The van der Waals surface area contributed by atoms with Crippen LogP contribution in [0.2, 0.25) is 0 Å². The van der Waals surface area contributed by atoms with Gasteiger partial charge in [-0.3, -0.25) is 14.6 Å². The zero-order chi connectivity index (χ0) is 20.6. The SMILES string of the molecule is COc1cccc(C=CC(=O)Nc2ccc(C)c(NC(=O)c3ccncc3)c2)c1. The molecule has 0 saturated heterocycles. The number of pyridine rings is 1. The normalized spacial score (nSPS) is 10.6. The van der Waals surface area contributed by atoms with Crippen LogP contribution in [-0.2, 0) is 4.79 Å². The molecular weight excluding hydrogens is 366 g/mol. The van der Waals surface area contributed by atoms with E-state index in [9.17, 15) is 9.59 Å². The lowest BCUT2D eigenvalue weighted by atomic mass is 10.1. The van der Waals surface area contributed by atoms with E-state index in [4.69, 9.17) is 4.74 Å². The van der Waals surface area contributed by atoms with Crippen molar-refractivity contribution in [2.75, 3.05) is 17.7 Å². The van der Waals surface area contributed by atoms with Crippen molar-refractivity contribution in [2.24, 2.45) is 0 Å². The molecule has 6 nitrogen and oxygen atoms in total. The first kappa shape index (κ1) is 19.8. The average molecular weight is 387 g/mol. The fourth-order valence-electron chi connectivity index (χ4n) is 2.63. The van der Waals surface area contributed by atoms with Crippen LogP contribution in [0.15, 0.2) is 73.1 Å². The van der Waals surface area contributed by atoms with Gasteiger partial charge in [0.15, 0.2) is 0 Å². The molecule has 0 saturated carbocycles. The van der Waals surface area contributed by atoms with Crippen LogP contribution in [0.5, 0.6) is 5.75 Å². The quantitative estimate of drug-likeness (QED) is 0.618. The second-order valence-electron chi connectivity index (χ2n) is 6.32. The molecule has 1 aromatic heterocycles. The Bertz CT molecular complexity index is 1050. The summed E-state index contributed by atoms with van der Waals surface area (Å²) in [5.41, 5.74) is 3.46. The predicted octanol–water partition coefficient (Wildman–Crippen LogP) is 4.30. The van der Waals surface area contributed by atoms with Gasteiger partial charge in [0.1, 0.15) is 5.75 Å². The summed E-state index contributed by atoms with van der Waals surface area (Å²) in [6, 6.07) is 16.0. The van der Waals surface area contributed by atoms with Crippen LogP contribution in [0, 0.1) is 6.92 Å². The molecule has 0 aliphatic rings. The smallest absolute Gasteiger partial charge is 0.255 e. The molecule has 0 aliphatic heterocycles. The van der Waals surface area contributed by atoms with E-state index < -0.39 is 0 Å². The molecule has 0 fully saturated rings. The number of aromatic nitrogens is 1. The topological polar surface area (TPSA) is 80.3 Å². The lowest BCUT2D eigenvalue weighted by Crippen LogP contribution is -2.13. The molecule has 3 aromatic rings. The highest BCUT2D eigenvalue weighted by Gasteiger charge is 2.09. The zero-order valence-corrected chi connectivity index (χ0v) is 16.2. The molecule has 2 aromatic carbocycles. The summed E-state index contributed by atoms with van der Waals surface area (Å²) in [6.45, 7) is 1.89. The van der Waals surface area contributed by atoms with Crippen LogP contribution < -0.4 is 15.4 Å². The van der Waals surface area contributed by atoms with Gasteiger partial charge in [0.25, 0.3) is 5.91 Å². The van der Waals surface area contributed by atoms with Crippen molar-refractivity contribution in [3.8, 4) is 5.75 Å². The number of hydrogen-bond donors (Lipinski definition) is 2. The number of benzene rings is 2. The Balaban J connectivity index is 1.68. The number of methoxy groups -OCH3 is 1. The number of hydrogen-bond acceptors (Lipinski definition) is 4. The molecule has 0 aliphatic carbocycles. The summed E-state index contributed by atoms with van der Waals surface area (Å²) >= 11 is 0. The zero-order valence-electron chi connectivity index (χ0n) is 16.2. The molecule has 0 atom stereocenters. The minimum Gasteiger partial charge on any atom is -0.497 e. The van der Waals surface area contributed by atoms with Gasteiger partial charge in [-0.25, -0.2) is 0 Å². The van der Waals surface area contributed by atoms with Crippen LogP contribution >= 0.6 is 0 Å². The van der Waals surface area contributed by atoms with Crippen LogP contribution in [0.4, 0.5) is 11.4 Å². The molecule has 2 amide bonds. The number of carbonyl (C=O) groups excluding carboxylic acids is 2. The standard InChI is InChI=1S/C23H21N3O3/c1-16-6-8-19(15-21(16)26-23(28)18-10-12-24-13-11-18)25-22(27)9-7-17-4-3-5-20(14-17)29-2/h3-15H,1-2H3,(H,25,27)(H,26,28). The Hall–Kier alpha value is -3.93. The Labute approximate surface area is 169 Å². The van der Waals surface area contributed by atoms with Gasteiger partial charge in [0, 0.05) is 35.4 Å². The first-order valence-electron chi connectivity index (χ1n) is 9.00. The third-order valence-corrected chi connectivity index (χ3v) is 4.22. The maximum absolute atomic E-state index is 12.4. The van der Waals surface area contributed by atoms with E-state index in [-0.39, 0.29) is 11.8 Å². The molecule has 6 heteroatoms. The number of amides is 2. The minimum atomic E-state index is -0.275. The van der Waals surface area contributed by atoms with Crippen LogP contribution in [0.1, 0.15) is 21.5 Å². The summed E-state index contributed by atoms with van der Waals surface area (Å²) < 4.78 is 5.17. The maximum atomic E-state index is 12.4. The summed E-state index contributed by atoms with van der Waals surface area (Å²) in [5, 5.41) is 5.66. The molecular formula is C23H21N3O3. The van der Waals surface area contributed by atoms with Gasteiger partial charge < -0.3 is 15.4 Å². The molecule has 2 N–H and O–H groups in total. The molecule has 0 radical (unpaired) electrons. The second kappa shape index (κ2) is 9.32. The van der Waals surface area contributed by atoms with Crippen molar-refractivity contribution in [2.45, 2.75) is 6.92 Å². The van der Waals surface area contributed by atoms with Crippen molar-refractivity contribution in [3.05, 3.63) is 89.8 Å². The summed E-state index contributed by atoms with van der Waals surface area (Å²) in [6.07, 6.45) is 6.28. The molecule has 1 heterocycles. The largest absolute Gasteiger partial charge is 0.497 e. The summed E-state index contributed by atoms with van der Waals surface area (Å²) in [5.74, 6) is 0.209. The van der Waals surface area contributed by atoms with E-state index in [2.05, 4.69) is 15.6 Å². The van der Waals surface area contributed by atoms with Crippen molar-refractivity contribution in [1.82, 2.24) is 4.98 Å². The third-order valence-electron chi connectivity index (χ3n) is 4.22. The van der Waals surface area contributed by atoms with E-state index in [0.29, 0.717) is 16.9 Å². The van der Waals surface area contributed by atoms with Crippen molar-refractivity contribution in [1.29, 1.82) is 0 Å². The van der Waals surface area contributed by atoms with E-state index in [1.165, 1.54) is 6.08 Å². The van der Waals surface area contributed by atoms with Crippen molar-refractivity contribution < 1.29 is 14.3 Å². The van der Waals surface area contributed by atoms with Crippen LogP contribution in [-0.4, -0.2) is 23.9 Å². The maximum Gasteiger partial charge on any atom is 0.255 e. The number of nitrogens with one attached hydrogen (secondary N) is 2. The minimum absolute atomic E-state index is 0.239. The van der Waals surface area contributed by atoms with Gasteiger partial charge in [-0.1, -0.05) is 18.2 Å². The second-order valence-corrected chi connectivity index (χ2v) is 6.32. The first-order valence-corrected chi connectivity index (χ1v) is 9.00. The highest BCUT2D eigenvalue weighted by molar-refractivity contribution is 6.06. The van der Waals surface area contributed by atoms with Gasteiger partial charge in [-0.2, -0.15) is 0 Å². The van der Waals surface area contributed by atoms with E-state index in [1.54, 1.807) is 49.8 Å². The van der Waals surface area contributed by atoms with Gasteiger partial charge in [0.05, 0.1) is 7.11 Å². The highest BCUT2D eigenvalue weighted by atomic mass is 16.5. The van der Waals surface area contributed by atoms with Gasteiger partial charge >= 0.3 is 0 Å². The lowest BCUT2D eigenvalue weighted by molar-refractivity contribution is -0.111. The van der Waals surface area contributed by atoms with Crippen molar-refractivity contribution >= 4 is 29.3 Å². The Morgan fingerprint density at radius 3 is 2.55 bits per heavy atom. The van der Waals surface area contributed by atoms with E-state index in [0.717, 1.165) is 16.9 Å². The van der Waals surface area contributed by atoms with Crippen molar-refractivity contribution in [3.63, 3.8) is 0 Å². The number of carbonyl (C=O) groups is 2. The first-order chi connectivity index (χ1) is 14.0. The van der Waals surface area contributed by atoms with Gasteiger partial charge in [-0.15, -0.1) is 0 Å². The number of aryl methyl sites for hydroxylation is 1. The highest BCUT2D eigenvalue weighted by Crippen LogP contribution is 2.21. The van der Waals surface area contributed by atoms with Crippen LogP contribution in [0.25, 0.3) is 6.08 Å². The predicted molar refractivity (Wildman–Crippen MR) is 114 cm³/mol. The summed E-state index contributed by atoms with van der Waals surface area (Å²) in [4.78, 5) is 28.5. The summed E-state index contributed by atoms with van der Waals surface area (Å²) in [7, 11) is 1.60. The molecule has 146 valence electrons. The average Bonchev–Trinajstić information content (AvgIpc) is 2.75. The number of ether oxygens (including phenoxy) is 1. The fraction of sp³-hybridized carbons (Fsp3) is 0.0870. The Morgan fingerprint density at radius 2 is 1.79 bits per heavy atom. The van der Waals surface area contributed by atoms with Gasteiger partial charge in [-0.05, 0) is 60.5 Å². The molecule has 0 bridgehead atoms. The number of anilines is 2. The molecule has 29 heavy (non-hydrogen) atoms. The Morgan fingerprint density at radius 1 is 1.00 bits per heavy atom. The van der Waals surface area contributed by atoms with Crippen LogP contribution in [0.3, 0.4) is 0 Å². The van der Waals surface area contributed by atoms with E-state index in [1.807, 2.05) is 37.3 Å². The fourth-order valence-corrected chi connectivity index (χ4v) is 2.63. The molecule has 3 rings (SSSR count). The Kier molecular flexibility index (Phi) is 6.37. The van der Waals surface area contributed by atoms with Gasteiger partial charge in [0.2, 0.25) is 5.91 Å².